The zero-order chi connectivity index (χ0) is 20.4. The molecule has 0 saturated carbocycles. The van der Waals surface area contributed by atoms with Crippen LogP contribution in [0, 0.1) is 17.7 Å². The van der Waals surface area contributed by atoms with Crippen LogP contribution in [-0.4, -0.2) is 20.5 Å². The molecule has 0 aliphatic rings. The van der Waals surface area contributed by atoms with Crippen molar-refractivity contribution >= 4 is 27.9 Å². The summed E-state index contributed by atoms with van der Waals surface area (Å²) >= 11 is 1.31. The normalized spacial score (nSPS) is 11.7. The van der Waals surface area contributed by atoms with Gasteiger partial charge in [0.1, 0.15) is 5.82 Å². The molecule has 29 heavy (non-hydrogen) atoms. The summed E-state index contributed by atoms with van der Waals surface area (Å²) in [5, 5.41) is 7.57. The van der Waals surface area contributed by atoms with Gasteiger partial charge in [0.05, 0.1) is 34.4 Å². The van der Waals surface area contributed by atoms with Crippen molar-refractivity contribution in [2.45, 2.75) is 13.0 Å². The third kappa shape index (κ3) is 4.10. The van der Waals surface area contributed by atoms with Gasteiger partial charge in [0.2, 0.25) is 0 Å². The Labute approximate surface area is 170 Å². The quantitative estimate of drug-likeness (QED) is 0.512. The van der Waals surface area contributed by atoms with E-state index in [1.54, 1.807) is 42.0 Å². The molecule has 8 heteroatoms. The molecular formula is C21H16FN5OS. The van der Waals surface area contributed by atoms with E-state index in [1.807, 2.05) is 6.07 Å². The average Bonchev–Trinajstić information content (AvgIpc) is 3.32. The number of aromatic nitrogens is 3. The number of rotatable bonds is 3. The number of halogens is 1. The predicted octanol–water partition coefficient (Wildman–Crippen LogP) is 3.40. The van der Waals surface area contributed by atoms with E-state index in [0.29, 0.717) is 21.8 Å². The maximum absolute atomic E-state index is 13.4. The summed E-state index contributed by atoms with van der Waals surface area (Å²) in [7, 11) is 0. The van der Waals surface area contributed by atoms with Crippen molar-refractivity contribution < 1.29 is 9.18 Å². The van der Waals surface area contributed by atoms with Gasteiger partial charge in [0.25, 0.3) is 5.91 Å². The summed E-state index contributed by atoms with van der Waals surface area (Å²) in [6, 6.07) is 9.41. The molecule has 0 aliphatic carbocycles. The van der Waals surface area contributed by atoms with Gasteiger partial charge in [-0.1, -0.05) is 29.4 Å². The predicted molar refractivity (Wildman–Crippen MR) is 110 cm³/mol. The highest BCUT2D eigenvalue weighted by Crippen LogP contribution is 2.17. The number of carbonyl (C=O) groups is 1. The Balaban J connectivity index is 1.59. The standard InChI is InChI=1S/C21H16FN5OS/c1-13(15-3-2-4-16(22)10-15)26-20(28)18-12-25-27-8-7-14(9-19(18)27)5-6-17-11-24-21(23)29-17/h2-4,7-13H,1H3,(H2,23,24)(H,26,28)/t13-/m0/s1. The number of thiazole rings is 1. The molecule has 1 atom stereocenters. The Hall–Kier alpha value is -3.70. The van der Waals surface area contributed by atoms with Crippen LogP contribution in [0.5, 0.6) is 0 Å². The molecule has 0 saturated heterocycles. The lowest BCUT2D eigenvalue weighted by molar-refractivity contribution is 0.0941. The molecule has 0 aliphatic heterocycles. The largest absolute Gasteiger partial charge is 0.375 e. The summed E-state index contributed by atoms with van der Waals surface area (Å²) in [4.78, 5) is 17.5. The lowest BCUT2D eigenvalue weighted by atomic mass is 10.1. The third-order valence-electron chi connectivity index (χ3n) is 4.32. The molecule has 144 valence electrons. The maximum atomic E-state index is 13.4. The van der Waals surface area contributed by atoms with Crippen LogP contribution in [0.2, 0.25) is 0 Å². The maximum Gasteiger partial charge on any atom is 0.255 e. The average molecular weight is 405 g/mol. The van der Waals surface area contributed by atoms with E-state index >= 15 is 0 Å². The number of nitrogen functional groups attached to an aromatic ring is 1. The summed E-state index contributed by atoms with van der Waals surface area (Å²) < 4.78 is 15.0. The van der Waals surface area contributed by atoms with E-state index in [2.05, 4.69) is 27.2 Å². The smallest absolute Gasteiger partial charge is 0.255 e. The van der Waals surface area contributed by atoms with Gasteiger partial charge in [0.15, 0.2) is 5.13 Å². The Kier molecular flexibility index (Phi) is 4.97. The summed E-state index contributed by atoms with van der Waals surface area (Å²) in [5.41, 5.74) is 8.08. The first-order chi connectivity index (χ1) is 14.0. The summed E-state index contributed by atoms with van der Waals surface area (Å²) in [5.74, 6) is 5.42. The molecule has 0 fully saturated rings. The van der Waals surface area contributed by atoms with Crippen LogP contribution in [0.4, 0.5) is 9.52 Å². The number of hydrogen-bond donors (Lipinski definition) is 2. The number of carbonyl (C=O) groups excluding carboxylic acids is 1. The van der Waals surface area contributed by atoms with E-state index in [1.165, 1.54) is 29.7 Å². The minimum Gasteiger partial charge on any atom is -0.375 e. The van der Waals surface area contributed by atoms with Gasteiger partial charge in [-0.15, -0.1) is 0 Å². The molecule has 0 bridgehead atoms. The monoisotopic (exact) mass is 405 g/mol. The molecule has 3 N–H and O–H groups in total. The van der Waals surface area contributed by atoms with Crippen molar-refractivity contribution in [1.29, 1.82) is 0 Å². The van der Waals surface area contributed by atoms with Gasteiger partial charge < -0.3 is 11.1 Å². The topological polar surface area (TPSA) is 85.3 Å². The number of amides is 1. The first kappa shape index (κ1) is 18.7. The van der Waals surface area contributed by atoms with Crippen molar-refractivity contribution in [1.82, 2.24) is 19.9 Å². The summed E-state index contributed by atoms with van der Waals surface area (Å²) in [6.45, 7) is 1.80. The van der Waals surface area contributed by atoms with Crippen LogP contribution in [0.1, 0.15) is 39.3 Å². The number of anilines is 1. The lowest BCUT2D eigenvalue weighted by Crippen LogP contribution is -2.26. The highest BCUT2D eigenvalue weighted by atomic mass is 32.1. The fourth-order valence-corrected chi connectivity index (χ4v) is 3.38. The number of benzene rings is 1. The number of nitrogens with one attached hydrogen (secondary N) is 1. The number of hydrogen-bond acceptors (Lipinski definition) is 5. The second kappa shape index (κ2) is 7.73. The molecule has 4 aromatic rings. The minimum absolute atomic E-state index is 0.294. The fourth-order valence-electron chi connectivity index (χ4n) is 2.85. The van der Waals surface area contributed by atoms with Gasteiger partial charge in [-0.3, -0.25) is 4.79 Å². The van der Waals surface area contributed by atoms with E-state index in [4.69, 9.17) is 5.73 Å². The number of nitrogens with zero attached hydrogens (tertiary/aromatic N) is 3. The van der Waals surface area contributed by atoms with Gasteiger partial charge in [-0.25, -0.2) is 13.9 Å². The second-order valence-corrected chi connectivity index (χ2v) is 7.43. The van der Waals surface area contributed by atoms with Crippen LogP contribution in [-0.2, 0) is 0 Å². The molecule has 0 radical (unpaired) electrons. The SMILES string of the molecule is C[C@H](NC(=O)c1cnn2ccc(C#Cc3cnc(N)s3)cc12)c1cccc(F)c1. The first-order valence-electron chi connectivity index (χ1n) is 8.76. The third-order valence-corrected chi connectivity index (χ3v) is 5.06. The molecular weight excluding hydrogens is 389 g/mol. The van der Waals surface area contributed by atoms with E-state index in [-0.39, 0.29) is 17.8 Å². The lowest BCUT2D eigenvalue weighted by Gasteiger charge is -2.14. The Morgan fingerprint density at radius 3 is 2.90 bits per heavy atom. The van der Waals surface area contributed by atoms with Crippen molar-refractivity contribution in [3.8, 4) is 11.8 Å². The Morgan fingerprint density at radius 2 is 2.14 bits per heavy atom. The molecule has 0 spiro atoms. The zero-order valence-electron chi connectivity index (χ0n) is 15.4. The molecule has 3 aromatic heterocycles. The van der Waals surface area contributed by atoms with E-state index in [9.17, 15) is 9.18 Å². The Bertz CT molecular complexity index is 1270. The van der Waals surface area contributed by atoms with Crippen LogP contribution >= 0.6 is 11.3 Å². The van der Waals surface area contributed by atoms with Gasteiger partial charge in [0, 0.05) is 11.8 Å². The molecule has 0 unspecified atom stereocenters. The van der Waals surface area contributed by atoms with Gasteiger partial charge >= 0.3 is 0 Å². The van der Waals surface area contributed by atoms with Crippen molar-refractivity contribution in [3.63, 3.8) is 0 Å². The number of pyridine rings is 1. The van der Waals surface area contributed by atoms with Crippen LogP contribution in [0.25, 0.3) is 5.52 Å². The highest BCUT2D eigenvalue weighted by molar-refractivity contribution is 7.15. The zero-order valence-corrected chi connectivity index (χ0v) is 16.2. The number of nitrogens with two attached hydrogens (primary N) is 1. The Morgan fingerprint density at radius 1 is 1.28 bits per heavy atom. The van der Waals surface area contributed by atoms with Crippen LogP contribution in [0.15, 0.2) is 55.0 Å². The molecule has 1 aromatic carbocycles. The van der Waals surface area contributed by atoms with Gasteiger partial charge in [-0.05, 0) is 42.7 Å². The highest BCUT2D eigenvalue weighted by Gasteiger charge is 2.16. The molecule has 4 rings (SSSR count). The first-order valence-corrected chi connectivity index (χ1v) is 9.58. The number of fused-ring (bicyclic) bond motifs is 1. The van der Waals surface area contributed by atoms with Gasteiger partial charge in [-0.2, -0.15) is 5.10 Å². The minimum atomic E-state index is -0.354. The van der Waals surface area contributed by atoms with Crippen LogP contribution in [0.3, 0.4) is 0 Å². The van der Waals surface area contributed by atoms with Crippen molar-refractivity contribution in [2.75, 3.05) is 5.73 Å². The fraction of sp³-hybridized carbons (Fsp3) is 0.0952. The van der Waals surface area contributed by atoms with Crippen molar-refractivity contribution in [3.05, 3.63) is 82.4 Å². The van der Waals surface area contributed by atoms with E-state index < -0.39 is 0 Å². The second-order valence-electron chi connectivity index (χ2n) is 6.37. The molecule has 3 heterocycles. The molecule has 1 amide bonds. The molecule has 6 nitrogen and oxygen atoms in total. The van der Waals surface area contributed by atoms with Crippen LogP contribution < -0.4 is 11.1 Å². The summed E-state index contributed by atoms with van der Waals surface area (Å²) in [6.07, 6.45) is 4.87. The van der Waals surface area contributed by atoms with Crippen molar-refractivity contribution in [2.24, 2.45) is 0 Å². The van der Waals surface area contributed by atoms with E-state index in [0.717, 1.165) is 10.4 Å².